The third-order valence-electron chi connectivity index (χ3n) is 3.30. The summed E-state index contributed by atoms with van der Waals surface area (Å²) in [5.74, 6) is -0.0506. The van der Waals surface area contributed by atoms with Gasteiger partial charge in [0.1, 0.15) is 0 Å². The number of thioether (sulfide) groups is 1. The maximum atomic E-state index is 11.4. The smallest absolute Gasteiger partial charge is 0.316 e. The Hall–Kier alpha value is -1.45. The molecule has 0 aliphatic carbocycles. The monoisotopic (exact) mass is 354 g/mol. The Morgan fingerprint density at radius 3 is 2.87 bits per heavy atom. The van der Waals surface area contributed by atoms with Crippen LogP contribution in [-0.2, 0) is 14.3 Å². The fourth-order valence-corrected chi connectivity index (χ4v) is 3.89. The molecule has 0 N–H and O–H groups in total. The molecule has 0 amide bonds. The summed E-state index contributed by atoms with van der Waals surface area (Å²) in [4.78, 5) is 27.2. The molecule has 1 aliphatic heterocycles. The van der Waals surface area contributed by atoms with Gasteiger partial charge in [-0.1, -0.05) is 23.1 Å². The van der Waals surface area contributed by atoms with Crippen LogP contribution in [0, 0.1) is 6.92 Å². The number of fused-ring (bicyclic) bond motifs is 1. The molecular weight excluding hydrogens is 336 g/mol. The van der Waals surface area contributed by atoms with Gasteiger partial charge in [-0.25, -0.2) is 9.97 Å². The summed E-state index contributed by atoms with van der Waals surface area (Å²) in [5.41, 5.74) is 1.58. The van der Waals surface area contributed by atoms with Crippen molar-refractivity contribution >= 4 is 44.5 Å². The molecule has 1 fully saturated rings. The van der Waals surface area contributed by atoms with Crippen LogP contribution in [0.25, 0.3) is 10.3 Å². The number of anilines is 1. The second kappa shape index (κ2) is 7.41. The van der Waals surface area contributed by atoms with Gasteiger partial charge in [-0.2, -0.15) is 4.98 Å². The van der Waals surface area contributed by atoms with Gasteiger partial charge in [0.25, 0.3) is 0 Å². The molecule has 0 radical (unpaired) electrons. The van der Waals surface area contributed by atoms with Gasteiger partial charge in [0.15, 0.2) is 15.9 Å². The molecular formula is C14H18N4O3S2. The summed E-state index contributed by atoms with van der Waals surface area (Å²) in [6, 6.07) is 0. The number of aryl methyl sites for hydroxylation is 1. The molecule has 2 aromatic rings. The van der Waals surface area contributed by atoms with Crippen molar-refractivity contribution in [1.82, 2.24) is 15.0 Å². The van der Waals surface area contributed by atoms with Gasteiger partial charge in [-0.3, -0.25) is 4.79 Å². The topological polar surface area (TPSA) is 77.4 Å². The minimum absolute atomic E-state index is 0.208. The third kappa shape index (κ3) is 3.91. The van der Waals surface area contributed by atoms with Gasteiger partial charge in [0.2, 0.25) is 0 Å². The Morgan fingerprint density at radius 1 is 1.35 bits per heavy atom. The highest BCUT2D eigenvalue weighted by atomic mass is 32.2. The zero-order valence-corrected chi connectivity index (χ0v) is 14.7. The molecule has 2 aromatic heterocycles. The molecule has 1 aliphatic rings. The van der Waals surface area contributed by atoms with E-state index in [1.807, 2.05) is 6.92 Å². The Labute approximate surface area is 142 Å². The first kappa shape index (κ1) is 16.4. The van der Waals surface area contributed by atoms with E-state index in [1.54, 1.807) is 18.3 Å². The van der Waals surface area contributed by atoms with Crippen molar-refractivity contribution in [2.75, 3.05) is 43.6 Å². The summed E-state index contributed by atoms with van der Waals surface area (Å²) >= 11 is 2.88. The molecule has 0 unspecified atom stereocenters. The van der Waals surface area contributed by atoms with E-state index in [0.29, 0.717) is 17.4 Å². The van der Waals surface area contributed by atoms with Crippen LogP contribution < -0.4 is 4.90 Å². The van der Waals surface area contributed by atoms with Crippen LogP contribution in [0.2, 0.25) is 0 Å². The first-order chi connectivity index (χ1) is 11.2. The van der Waals surface area contributed by atoms with E-state index in [2.05, 4.69) is 19.9 Å². The van der Waals surface area contributed by atoms with Crippen LogP contribution in [0.15, 0.2) is 5.16 Å². The van der Waals surface area contributed by atoms with Crippen LogP contribution in [0.5, 0.6) is 0 Å². The number of carbonyl (C=O) groups is 1. The number of carbonyl (C=O) groups excluding carboxylic acids is 1. The van der Waals surface area contributed by atoms with E-state index in [1.165, 1.54) is 11.8 Å². The second-order valence-corrected chi connectivity index (χ2v) is 6.85. The largest absolute Gasteiger partial charge is 0.465 e. The first-order valence-corrected chi connectivity index (χ1v) is 9.24. The lowest BCUT2D eigenvalue weighted by atomic mass is 10.4. The SMILES string of the molecule is CCOC(=O)CSc1nc(C)c2sc(N3CCOCC3)nc2n1. The number of rotatable bonds is 5. The van der Waals surface area contributed by atoms with Gasteiger partial charge >= 0.3 is 5.97 Å². The van der Waals surface area contributed by atoms with Gasteiger partial charge in [0, 0.05) is 13.1 Å². The first-order valence-electron chi connectivity index (χ1n) is 7.43. The molecule has 0 atom stereocenters. The number of aromatic nitrogens is 3. The highest BCUT2D eigenvalue weighted by Crippen LogP contribution is 2.31. The van der Waals surface area contributed by atoms with Crippen molar-refractivity contribution in [2.45, 2.75) is 19.0 Å². The van der Waals surface area contributed by atoms with E-state index in [4.69, 9.17) is 9.47 Å². The third-order valence-corrected chi connectivity index (χ3v) is 5.33. The Balaban J connectivity index is 1.78. The van der Waals surface area contributed by atoms with Crippen LogP contribution in [-0.4, -0.2) is 59.6 Å². The zero-order valence-electron chi connectivity index (χ0n) is 13.1. The molecule has 9 heteroatoms. The zero-order chi connectivity index (χ0) is 16.2. The standard InChI is InChI=1S/C14H18N4O3S2/c1-3-21-10(19)8-22-13-15-9(2)11-12(16-13)17-14(23-11)18-4-6-20-7-5-18/h3-8H2,1-2H3. The van der Waals surface area contributed by atoms with Crippen molar-refractivity contribution in [1.29, 1.82) is 0 Å². The fraction of sp³-hybridized carbons (Fsp3) is 0.571. The Morgan fingerprint density at radius 2 is 2.13 bits per heavy atom. The van der Waals surface area contributed by atoms with Gasteiger partial charge in [-0.15, -0.1) is 0 Å². The average Bonchev–Trinajstić information content (AvgIpc) is 2.99. The van der Waals surface area contributed by atoms with Crippen molar-refractivity contribution in [2.24, 2.45) is 0 Å². The molecule has 0 spiro atoms. The van der Waals surface area contributed by atoms with E-state index in [-0.39, 0.29) is 11.7 Å². The summed E-state index contributed by atoms with van der Waals surface area (Å²) in [7, 11) is 0. The van der Waals surface area contributed by atoms with Crippen molar-refractivity contribution in [3.8, 4) is 0 Å². The van der Waals surface area contributed by atoms with Crippen LogP contribution >= 0.6 is 23.1 Å². The van der Waals surface area contributed by atoms with E-state index < -0.39 is 0 Å². The summed E-state index contributed by atoms with van der Waals surface area (Å²) in [5, 5.41) is 1.51. The maximum absolute atomic E-state index is 11.4. The van der Waals surface area contributed by atoms with E-state index >= 15 is 0 Å². The molecule has 0 aromatic carbocycles. The van der Waals surface area contributed by atoms with Crippen LogP contribution in [0.1, 0.15) is 12.6 Å². The molecule has 7 nitrogen and oxygen atoms in total. The molecule has 1 saturated heterocycles. The second-order valence-electron chi connectivity index (χ2n) is 4.93. The number of morpholine rings is 1. The summed E-state index contributed by atoms with van der Waals surface area (Å²) in [6.07, 6.45) is 0. The number of hydrogen-bond donors (Lipinski definition) is 0. The van der Waals surface area contributed by atoms with Crippen LogP contribution in [0.4, 0.5) is 5.13 Å². The number of ether oxygens (including phenoxy) is 2. The molecule has 0 saturated carbocycles. The van der Waals surface area contributed by atoms with Gasteiger partial charge in [0.05, 0.1) is 36.0 Å². The predicted molar refractivity (Wildman–Crippen MR) is 90.3 cm³/mol. The lowest BCUT2D eigenvalue weighted by Crippen LogP contribution is -2.36. The minimum atomic E-state index is -0.258. The quantitative estimate of drug-likeness (QED) is 0.458. The summed E-state index contributed by atoms with van der Waals surface area (Å²) < 4.78 is 11.3. The minimum Gasteiger partial charge on any atom is -0.465 e. The predicted octanol–water partition coefficient (Wildman–Crippen LogP) is 1.89. The molecule has 3 heterocycles. The lowest BCUT2D eigenvalue weighted by molar-refractivity contribution is -0.139. The molecule has 124 valence electrons. The van der Waals surface area contributed by atoms with Crippen molar-refractivity contribution in [3.63, 3.8) is 0 Å². The summed E-state index contributed by atoms with van der Waals surface area (Å²) in [6.45, 7) is 7.25. The fourth-order valence-electron chi connectivity index (χ4n) is 2.20. The number of nitrogens with zero attached hydrogens (tertiary/aromatic N) is 4. The Kier molecular flexibility index (Phi) is 5.29. The van der Waals surface area contributed by atoms with Gasteiger partial charge in [-0.05, 0) is 13.8 Å². The molecule has 3 rings (SSSR count). The van der Waals surface area contributed by atoms with Crippen molar-refractivity contribution < 1.29 is 14.3 Å². The number of esters is 1. The number of thiazole rings is 1. The lowest BCUT2D eigenvalue weighted by Gasteiger charge is -2.25. The molecule has 0 bridgehead atoms. The molecule has 23 heavy (non-hydrogen) atoms. The highest BCUT2D eigenvalue weighted by molar-refractivity contribution is 7.99. The maximum Gasteiger partial charge on any atom is 0.316 e. The van der Waals surface area contributed by atoms with Crippen LogP contribution in [0.3, 0.4) is 0 Å². The van der Waals surface area contributed by atoms with Crippen molar-refractivity contribution in [3.05, 3.63) is 5.69 Å². The Bertz CT molecular complexity index is 701. The van der Waals surface area contributed by atoms with E-state index in [9.17, 15) is 4.79 Å². The van der Waals surface area contributed by atoms with Gasteiger partial charge < -0.3 is 14.4 Å². The van der Waals surface area contributed by atoms with E-state index in [0.717, 1.165) is 41.8 Å². The normalized spacial score (nSPS) is 15.1. The highest BCUT2D eigenvalue weighted by Gasteiger charge is 2.18. The average molecular weight is 354 g/mol. The number of hydrogen-bond acceptors (Lipinski definition) is 9.